The highest BCUT2D eigenvalue weighted by Gasteiger charge is 2.09. The molecule has 0 radical (unpaired) electrons. The predicted octanol–water partition coefficient (Wildman–Crippen LogP) is 4.83. The number of hydrogen-bond donors (Lipinski definition) is 2. The fraction of sp³-hybridized carbons (Fsp3) is 0.100. The molecule has 0 spiro atoms. The summed E-state index contributed by atoms with van der Waals surface area (Å²) < 4.78 is 13.3. The topological polar surface area (TPSA) is 54.0 Å². The molecule has 0 aliphatic carbocycles. The number of rotatable bonds is 4. The van der Waals surface area contributed by atoms with Crippen LogP contribution in [0.15, 0.2) is 60.8 Å². The Labute approximate surface area is 145 Å². The standard InChI is InChI=1S/C20H18FN3O/c1-13-8-14(2)10-18(9-13)24-20(25)19-12-17(6-7-22-19)23-16-5-3-4-15(21)11-16/h3-12H,1-2H3,(H,22,23)(H,24,25). The van der Waals surface area contributed by atoms with Crippen molar-refractivity contribution in [3.8, 4) is 0 Å². The normalized spacial score (nSPS) is 10.4. The fourth-order valence-electron chi connectivity index (χ4n) is 2.61. The van der Waals surface area contributed by atoms with Crippen LogP contribution in [0, 0.1) is 19.7 Å². The first-order valence-corrected chi connectivity index (χ1v) is 7.88. The summed E-state index contributed by atoms with van der Waals surface area (Å²) >= 11 is 0. The summed E-state index contributed by atoms with van der Waals surface area (Å²) in [5.74, 6) is -0.625. The Hall–Kier alpha value is -3.21. The summed E-state index contributed by atoms with van der Waals surface area (Å²) in [4.78, 5) is 16.5. The van der Waals surface area contributed by atoms with Gasteiger partial charge in [-0.1, -0.05) is 12.1 Å². The molecule has 25 heavy (non-hydrogen) atoms. The Morgan fingerprint density at radius 2 is 1.64 bits per heavy atom. The number of nitrogens with one attached hydrogen (secondary N) is 2. The van der Waals surface area contributed by atoms with Gasteiger partial charge in [-0.2, -0.15) is 0 Å². The van der Waals surface area contributed by atoms with Crippen molar-refractivity contribution in [1.29, 1.82) is 0 Å². The monoisotopic (exact) mass is 335 g/mol. The fourth-order valence-corrected chi connectivity index (χ4v) is 2.61. The number of aromatic nitrogens is 1. The van der Waals surface area contributed by atoms with E-state index in [4.69, 9.17) is 0 Å². The zero-order valence-corrected chi connectivity index (χ0v) is 14.0. The average molecular weight is 335 g/mol. The van der Waals surface area contributed by atoms with Gasteiger partial charge in [0.25, 0.3) is 5.91 Å². The van der Waals surface area contributed by atoms with E-state index in [1.54, 1.807) is 24.3 Å². The highest BCUT2D eigenvalue weighted by molar-refractivity contribution is 6.03. The van der Waals surface area contributed by atoms with Crippen LogP contribution in [-0.2, 0) is 0 Å². The molecule has 0 fully saturated rings. The first kappa shape index (κ1) is 16.6. The van der Waals surface area contributed by atoms with Crippen molar-refractivity contribution in [2.24, 2.45) is 0 Å². The first-order chi connectivity index (χ1) is 12.0. The third-order valence-electron chi connectivity index (χ3n) is 3.59. The van der Waals surface area contributed by atoms with Crippen LogP contribution >= 0.6 is 0 Å². The number of pyridine rings is 1. The van der Waals surface area contributed by atoms with Crippen LogP contribution < -0.4 is 10.6 Å². The summed E-state index contributed by atoms with van der Waals surface area (Å²) in [6.45, 7) is 3.95. The number of amides is 1. The van der Waals surface area contributed by atoms with Crippen molar-refractivity contribution in [3.63, 3.8) is 0 Å². The Morgan fingerprint density at radius 1 is 0.920 bits per heavy atom. The van der Waals surface area contributed by atoms with Gasteiger partial charge in [0, 0.05) is 23.3 Å². The molecule has 0 aliphatic rings. The molecular weight excluding hydrogens is 317 g/mol. The van der Waals surface area contributed by atoms with Gasteiger partial charge in [0.05, 0.1) is 0 Å². The summed E-state index contributed by atoms with van der Waals surface area (Å²) in [5.41, 5.74) is 4.42. The molecule has 0 saturated heterocycles. The molecule has 0 unspecified atom stereocenters. The van der Waals surface area contributed by atoms with Crippen molar-refractivity contribution in [2.45, 2.75) is 13.8 Å². The lowest BCUT2D eigenvalue weighted by Gasteiger charge is -2.09. The third-order valence-corrected chi connectivity index (χ3v) is 3.59. The molecule has 0 saturated carbocycles. The summed E-state index contributed by atoms with van der Waals surface area (Å²) in [6, 6.07) is 15.3. The van der Waals surface area contributed by atoms with Gasteiger partial charge >= 0.3 is 0 Å². The van der Waals surface area contributed by atoms with E-state index in [1.165, 1.54) is 18.3 Å². The molecule has 0 atom stereocenters. The molecule has 3 rings (SSSR count). The van der Waals surface area contributed by atoms with Gasteiger partial charge < -0.3 is 10.6 Å². The van der Waals surface area contributed by atoms with Gasteiger partial charge in [-0.15, -0.1) is 0 Å². The second-order valence-electron chi connectivity index (χ2n) is 5.90. The Morgan fingerprint density at radius 3 is 2.36 bits per heavy atom. The maximum atomic E-state index is 13.3. The molecule has 0 aliphatic heterocycles. The number of aryl methyl sites for hydroxylation is 2. The van der Waals surface area contributed by atoms with Crippen LogP contribution in [0.2, 0.25) is 0 Å². The van der Waals surface area contributed by atoms with E-state index >= 15 is 0 Å². The summed E-state index contributed by atoms with van der Waals surface area (Å²) in [7, 11) is 0. The van der Waals surface area contributed by atoms with E-state index in [1.807, 2.05) is 32.0 Å². The van der Waals surface area contributed by atoms with Crippen LogP contribution in [-0.4, -0.2) is 10.9 Å². The summed E-state index contributed by atoms with van der Waals surface area (Å²) in [5, 5.41) is 5.91. The molecule has 2 N–H and O–H groups in total. The molecule has 1 aromatic heterocycles. The number of halogens is 1. The molecule has 5 heteroatoms. The molecule has 3 aromatic rings. The first-order valence-electron chi connectivity index (χ1n) is 7.88. The number of anilines is 3. The zero-order chi connectivity index (χ0) is 17.8. The van der Waals surface area contributed by atoms with E-state index < -0.39 is 0 Å². The smallest absolute Gasteiger partial charge is 0.274 e. The number of carbonyl (C=O) groups is 1. The minimum atomic E-state index is -0.327. The van der Waals surface area contributed by atoms with Crippen LogP contribution in [0.4, 0.5) is 21.5 Å². The third kappa shape index (κ3) is 4.41. The quantitative estimate of drug-likeness (QED) is 0.718. The lowest BCUT2D eigenvalue weighted by molar-refractivity contribution is 0.102. The lowest BCUT2D eigenvalue weighted by atomic mass is 10.1. The minimum absolute atomic E-state index is 0.278. The van der Waals surface area contributed by atoms with Gasteiger partial charge in [-0.25, -0.2) is 4.39 Å². The van der Waals surface area contributed by atoms with Crippen molar-refractivity contribution in [2.75, 3.05) is 10.6 Å². The summed E-state index contributed by atoms with van der Waals surface area (Å²) in [6.07, 6.45) is 1.54. The van der Waals surface area contributed by atoms with Gasteiger partial charge in [-0.05, 0) is 67.4 Å². The number of hydrogen-bond acceptors (Lipinski definition) is 3. The Kier molecular flexibility index (Phi) is 4.75. The van der Waals surface area contributed by atoms with Crippen molar-refractivity contribution in [1.82, 2.24) is 4.98 Å². The molecule has 0 bridgehead atoms. The van der Waals surface area contributed by atoms with E-state index in [9.17, 15) is 9.18 Å². The molecule has 1 heterocycles. The molecule has 4 nitrogen and oxygen atoms in total. The van der Waals surface area contributed by atoms with Gasteiger partial charge in [0.1, 0.15) is 11.5 Å². The SMILES string of the molecule is Cc1cc(C)cc(NC(=O)c2cc(Nc3cccc(F)c3)ccn2)c1. The molecular formula is C20H18FN3O. The largest absolute Gasteiger partial charge is 0.355 e. The van der Waals surface area contributed by atoms with E-state index in [2.05, 4.69) is 15.6 Å². The highest BCUT2D eigenvalue weighted by Crippen LogP contribution is 2.19. The van der Waals surface area contributed by atoms with E-state index in [0.29, 0.717) is 11.4 Å². The Balaban J connectivity index is 1.77. The van der Waals surface area contributed by atoms with Gasteiger partial charge in [-0.3, -0.25) is 9.78 Å². The molecule has 1 amide bonds. The van der Waals surface area contributed by atoms with Crippen LogP contribution in [0.3, 0.4) is 0 Å². The van der Waals surface area contributed by atoms with Crippen LogP contribution in [0.1, 0.15) is 21.6 Å². The Bertz CT molecular complexity index is 904. The van der Waals surface area contributed by atoms with E-state index in [-0.39, 0.29) is 17.4 Å². The van der Waals surface area contributed by atoms with Crippen LogP contribution in [0.25, 0.3) is 0 Å². The van der Waals surface area contributed by atoms with Gasteiger partial charge in [0.2, 0.25) is 0 Å². The highest BCUT2D eigenvalue weighted by atomic mass is 19.1. The van der Waals surface area contributed by atoms with Gasteiger partial charge in [0.15, 0.2) is 0 Å². The number of benzene rings is 2. The molecule has 2 aromatic carbocycles. The number of nitrogens with zero attached hydrogens (tertiary/aromatic N) is 1. The predicted molar refractivity (Wildman–Crippen MR) is 97.8 cm³/mol. The van der Waals surface area contributed by atoms with Crippen LogP contribution in [0.5, 0.6) is 0 Å². The van der Waals surface area contributed by atoms with Crippen molar-refractivity contribution in [3.05, 3.63) is 83.4 Å². The molecule has 126 valence electrons. The van der Waals surface area contributed by atoms with Crippen molar-refractivity contribution >= 4 is 23.0 Å². The van der Waals surface area contributed by atoms with E-state index in [0.717, 1.165) is 16.8 Å². The second kappa shape index (κ2) is 7.13. The minimum Gasteiger partial charge on any atom is -0.355 e. The maximum absolute atomic E-state index is 13.3. The van der Waals surface area contributed by atoms with Crippen molar-refractivity contribution < 1.29 is 9.18 Å². The maximum Gasteiger partial charge on any atom is 0.274 e. The number of carbonyl (C=O) groups excluding carboxylic acids is 1. The second-order valence-corrected chi connectivity index (χ2v) is 5.90. The lowest BCUT2D eigenvalue weighted by Crippen LogP contribution is -2.14. The zero-order valence-electron chi connectivity index (χ0n) is 14.0. The average Bonchev–Trinajstić information content (AvgIpc) is 2.54.